The molecule has 3 rings (SSSR count). The van der Waals surface area contributed by atoms with Crippen LogP contribution in [-0.4, -0.2) is 29.9 Å². The van der Waals surface area contributed by atoms with Crippen LogP contribution in [0.3, 0.4) is 0 Å². The maximum absolute atomic E-state index is 13.1. The number of carbonyl (C=O) groups excluding carboxylic acids is 2. The lowest BCUT2D eigenvalue weighted by Crippen LogP contribution is -2.49. The lowest BCUT2D eigenvalue weighted by atomic mass is 10.1. The van der Waals surface area contributed by atoms with E-state index in [-0.39, 0.29) is 17.9 Å². The Kier molecular flexibility index (Phi) is 6.02. The van der Waals surface area contributed by atoms with Gasteiger partial charge in [-0.2, -0.15) is 0 Å². The van der Waals surface area contributed by atoms with Gasteiger partial charge in [0, 0.05) is 36.9 Å². The maximum atomic E-state index is 13.1. The Balaban J connectivity index is 1.76. The molecule has 28 heavy (non-hydrogen) atoms. The summed E-state index contributed by atoms with van der Waals surface area (Å²) < 4.78 is 0. The van der Waals surface area contributed by atoms with Gasteiger partial charge in [-0.05, 0) is 44.0 Å². The molecule has 1 N–H and O–H groups in total. The Morgan fingerprint density at radius 3 is 2.46 bits per heavy atom. The molecule has 0 atom stereocenters. The summed E-state index contributed by atoms with van der Waals surface area (Å²) in [6.45, 7) is 9.93. The highest BCUT2D eigenvalue weighted by Gasteiger charge is 2.27. The summed E-state index contributed by atoms with van der Waals surface area (Å²) in [6, 6.07) is 14.0. The highest BCUT2D eigenvalue weighted by atomic mass is 16.2. The van der Waals surface area contributed by atoms with Gasteiger partial charge in [-0.1, -0.05) is 49.2 Å². The SMILES string of the molecule is Cc1cc(C)cc(CN2CCCN(c3cccc(NC(=O)C(C)C)c3)C2=O)c1. The topological polar surface area (TPSA) is 52.6 Å². The van der Waals surface area contributed by atoms with E-state index >= 15 is 0 Å². The van der Waals surface area contributed by atoms with Crippen molar-refractivity contribution >= 4 is 23.3 Å². The zero-order valence-electron chi connectivity index (χ0n) is 17.2. The van der Waals surface area contributed by atoms with E-state index in [0.29, 0.717) is 13.1 Å². The summed E-state index contributed by atoms with van der Waals surface area (Å²) in [5.74, 6) is -0.118. The van der Waals surface area contributed by atoms with Crippen LogP contribution in [0.1, 0.15) is 37.0 Å². The molecule has 0 aliphatic carbocycles. The van der Waals surface area contributed by atoms with E-state index < -0.39 is 0 Å². The zero-order valence-corrected chi connectivity index (χ0v) is 17.2. The van der Waals surface area contributed by atoms with Gasteiger partial charge < -0.3 is 10.2 Å². The van der Waals surface area contributed by atoms with Gasteiger partial charge in [-0.3, -0.25) is 9.69 Å². The van der Waals surface area contributed by atoms with Crippen molar-refractivity contribution in [3.63, 3.8) is 0 Å². The van der Waals surface area contributed by atoms with Crippen LogP contribution < -0.4 is 10.2 Å². The van der Waals surface area contributed by atoms with Crippen molar-refractivity contribution < 1.29 is 9.59 Å². The smallest absolute Gasteiger partial charge is 0.324 e. The largest absolute Gasteiger partial charge is 0.326 e. The van der Waals surface area contributed by atoms with Gasteiger partial charge in [0.2, 0.25) is 5.91 Å². The van der Waals surface area contributed by atoms with E-state index in [9.17, 15) is 9.59 Å². The minimum atomic E-state index is -0.0893. The van der Waals surface area contributed by atoms with Crippen molar-refractivity contribution in [3.05, 3.63) is 59.2 Å². The normalized spacial score (nSPS) is 14.5. The average Bonchev–Trinajstić information content (AvgIpc) is 2.63. The molecule has 1 heterocycles. The third-order valence-electron chi connectivity index (χ3n) is 4.92. The van der Waals surface area contributed by atoms with Crippen molar-refractivity contribution in [3.8, 4) is 0 Å². The number of hydrogen-bond donors (Lipinski definition) is 1. The van der Waals surface area contributed by atoms with Crippen molar-refractivity contribution in [2.45, 2.75) is 40.7 Å². The maximum Gasteiger partial charge on any atom is 0.324 e. The molecule has 1 aliphatic rings. The summed E-state index contributed by atoms with van der Waals surface area (Å²) in [7, 11) is 0. The van der Waals surface area contributed by atoms with Gasteiger partial charge in [0.05, 0.1) is 0 Å². The monoisotopic (exact) mass is 379 g/mol. The second-order valence-electron chi connectivity index (χ2n) is 7.90. The number of hydrogen-bond acceptors (Lipinski definition) is 2. The number of carbonyl (C=O) groups is 2. The quantitative estimate of drug-likeness (QED) is 0.816. The first kappa shape index (κ1) is 19.9. The molecule has 0 bridgehead atoms. The molecule has 1 saturated heterocycles. The van der Waals surface area contributed by atoms with E-state index in [2.05, 4.69) is 37.4 Å². The van der Waals surface area contributed by atoms with Crippen molar-refractivity contribution in [1.82, 2.24) is 4.90 Å². The van der Waals surface area contributed by atoms with Gasteiger partial charge in [0.15, 0.2) is 0 Å². The fourth-order valence-electron chi connectivity index (χ4n) is 3.59. The summed E-state index contributed by atoms with van der Waals surface area (Å²) in [6.07, 6.45) is 0.916. The number of aryl methyl sites for hydroxylation is 2. The van der Waals surface area contributed by atoms with E-state index in [1.807, 2.05) is 43.0 Å². The van der Waals surface area contributed by atoms with Crippen LogP contribution in [-0.2, 0) is 11.3 Å². The molecule has 0 unspecified atom stereocenters. The molecule has 0 saturated carbocycles. The van der Waals surface area contributed by atoms with Gasteiger partial charge in [-0.15, -0.1) is 0 Å². The molecule has 148 valence electrons. The third kappa shape index (κ3) is 4.71. The van der Waals surface area contributed by atoms with E-state index in [0.717, 1.165) is 29.9 Å². The standard InChI is InChI=1S/C23H29N3O2/c1-16(2)22(27)24-20-7-5-8-21(14-20)26-10-6-9-25(23(26)28)15-19-12-17(3)11-18(4)13-19/h5,7-8,11-14,16H,6,9-10,15H2,1-4H3,(H,24,27). The van der Waals surface area contributed by atoms with Crippen LogP contribution in [0.2, 0.25) is 0 Å². The fraction of sp³-hybridized carbons (Fsp3) is 0.391. The molecule has 1 fully saturated rings. The number of nitrogens with one attached hydrogen (secondary N) is 1. The minimum absolute atomic E-state index is 0.0118. The van der Waals surface area contributed by atoms with Crippen LogP contribution in [0.4, 0.5) is 16.2 Å². The molecule has 3 amide bonds. The highest BCUT2D eigenvalue weighted by molar-refractivity contribution is 5.95. The van der Waals surface area contributed by atoms with Crippen molar-refractivity contribution in [2.75, 3.05) is 23.3 Å². The lowest BCUT2D eigenvalue weighted by molar-refractivity contribution is -0.118. The molecule has 0 aromatic heterocycles. The Morgan fingerprint density at radius 1 is 1.07 bits per heavy atom. The first-order valence-corrected chi connectivity index (χ1v) is 9.88. The fourth-order valence-corrected chi connectivity index (χ4v) is 3.59. The number of anilines is 2. The van der Waals surface area contributed by atoms with Gasteiger partial charge in [0.1, 0.15) is 0 Å². The summed E-state index contributed by atoms with van der Waals surface area (Å²) in [5, 5.41) is 2.91. The van der Waals surface area contributed by atoms with Crippen LogP contribution in [0.25, 0.3) is 0 Å². The molecular weight excluding hydrogens is 350 g/mol. The van der Waals surface area contributed by atoms with Crippen LogP contribution in [0.15, 0.2) is 42.5 Å². The second kappa shape index (κ2) is 8.46. The van der Waals surface area contributed by atoms with Crippen molar-refractivity contribution in [2.24, 2.45) is 5.92 Å². The number of nitrogens with zero attached hydrogens (tertiary/aromatic N) is 2. The summed E-state index contributed by atoms with van der Waals surface area (Å²) in [5.41, 5.74) is 5.12. The molecule has 0 radical (unpaired) electrons. The Labute approximate surface area is 167 Å². The van der Waals surface area contributed by atoms with Gasteiger partial charge in [-0.25, -0.2) is 4.79 Å². The molecule has 1 aliphatic heterocycles. The van der Waals surface area contributed by atoms with Crippen LogP contribution in [0.5, 0.6) is 0 Å². The summed E-state index contributed by atoms with van der Waals surface area (Å²) >= 11 is 0. The van der Waals surface area contributed by atoms with E-state index in [4.69, 9.17) is 0 Å². The molecule has 5 nitrogen and oxygen atoms in total. The van der Waals surface area contributed by atoms with Crippen molar-refractivity contribution in [1.29, 1.82) is 0 Å². The lowest BCUT2D eigenvalue weighted by Gasteiger charge is -2.36. The average molecular weight is 380 g/mol. The molecular formula is C23H29N3O2. The number of urea groups is 1. The highest BCUT2D eigenvalue weighted by Crippen LogP contribution is 2.25. The first-order valence-electron chi connectivity index (χ1n) is 9.88. The van der Waals surface area contributed by atoms with Crippen LogP contribution in [0, 0.1) is 19.8 Å². The predicted molar refractivity (Wildman–Crippen MR) is 114 cm³/mol. The Bertz CT molecular complexity index is 856. The minimum Gasteiger partial charge on any atom is -0.326 e. The second-order valence-corrected chi connectivity index (χ2v) is 7.90. The number of amides is 3. The Hall–Kier alpha value is -2.82. The Morgan fingerprint density at radius 2 is 1.79 bits per heavy atom. The molecule has 5 heteroatoms. The summed E-state index contributed by atoms with van der Waals surface area (Å²) in [4.78, 5) is 28.8. The van der Waals surface area contributed by atoms with Crippen LogP contribution >= 0.6 is 0 Å². The molecule has 2 aromatic rings. The third-order valence-corrected chi connectivity index (χ3v) is 4.92. The van der Waals surface area contributed by atoms with Gasteiger partial charge in [0.25, 0.3) is 0 Å². The molecule has 2 aromatic carbocycles. The number of rotatable bonds is 5. The van der Waals surface area contributed by atoms with E-state index in [1.54, 1.807) is 4.90 Å². The zero-order chi connectivity index (χ0) is 20.3. The predicted octanol–water partition coefficient (Wildman–Crippen LogP) is 4.73. The van der Waals surface area contributed by atoms with E-state index in [1.165, 1.54) is 11.1 Å². The number of benzene rings is 2. The van der Waals surface area contributed by atoms with Gasteiger partial charge >= 0.3 is 6.03 Å². The molecule has 0 spiro atoms. The first-order chi connectivity index (χ1) is 13.3.